The van der Waals surface area contributed by atoms with Crippen LogP contribution in [0.4, 0.5) is 0 Å². The number of fused-ring (bicyclic) bond motifs is 5. The Morgan fingerprint density at radius 1 is 0.967 bits per heavy atom. The summed E-state index contributed by atoms with van der Waals surface area (Å²) in [5.41, 5.74) is 1.26. The maximum Gasteiger partial charge on any atom is 0.0820 e. The molecular formula is C27H41ClO2. The van der Waals surface area contributed by atoms with Gasteiger partial charge in [-0.1, -0.05) is 32.1 Å². The molecule has 0 aromatic rings. The molecule has 0 aromatic heterocycles. The zero-order valence-electron chi connectivity index (χ0n) is 19.1. The number of hydrogen-bond acceptors (Lipinski definition) is 2. The summed E-state index contributed by atoms with van der Waals surface area (Å²) in [6, 6.07) is 0. The fourth-order valence-electron chi connectivity index (χ4n) is 9.09. The molecule has 0 radical (unpaired) electrons. The largest absolute Gasteiger partial charge is 0.390 e. The van der Waals surface area contributed by atoms with Gasteiger partial charge in [-0.25, -0.2) is 0 Å². The lowest BCUT2D eigenvalue weighted by Crippen LogP contribution is -2.55. The average molecular weight is 433 g/mol. The van der Waals surface area contributed by atoms with E-state index in [1.807, 2.05) is 0 Å². The van der Waals surface area contributed by atoms with Crippen molar-refractivity contribution in [3.8, 4) is 0 Å². The number of allylic oxidation sites excluding steroid dienone is 2. The van der Waals surface area contributed by atoms with Gasteiger partial charge < -0.3 is 10.2 Å². The summed E-state index contributed by atoms with van der Waals surface area (Å²) in [5.74, 6) is 3.41. The zero-order chi connectivity index (χ0) is 21.3. The van der Waals surface area contributed by atoms with Crippen molar-refractivity contribution in [2.45, 2.75) is 102 Å². The molecule has 5 aliphatic rings. The molecule has 2 nitrogen and oxygen atoms in total. The van der Waals surface area contributed by atoms with E-state index in [1.54, 1.807) is 0 Å². The van der Waals surface area contributed by atoms with Crippen LogP contribution in [0.2, 0.25) is 0 Å². The number of aliphatic hydroxyl groups is 2. The SMILES string of the molecule is CC12CC[C@@](C)(O)C[C@@H]1CCC1C2CC[C@]2(C)C(C(O)C3=CC(Cl)CC=C3)CCC12. The van der Waals surface area contributed by atoms with Crippen molar-refractivity contribution in [3.05, 3.63) is 23.8 Å². The molecule has 10 atom stereocenters. The molecule has 0 heterocycles. The van der Waals surface area contributed by atoms with Crippen molar-refractivity contribution in [2.75, 3.05) is 0 Å². The van der Waals surface area contributed by atoms with Crippen LogP contribution in [0.25, 0.3) is 0 Å². The van der Waals surface area contributed by atoms with Gasteiger partial charge in [-0.05, 0) is 117 Å². The lowest BCUT2D eigenvalue weighted by atomic mass is 9.44. The van der Waals surface area contributed by atoms with Crippen molar-refractivity contribution < 1.29 is 10.2 Å². The fraction of sp³-hybridized carbons (Fsp3) is 0.852. The summed E-state index contributed by atoms with van der Waals surface area (Å²) in [6.45, 7) is 7.12. The second kappa shape index (κ2) is 7.35. The smallest absolute Gasteiger partial charge is 0.0820 e. The third-order valence-corrected chi connectivity index (χ3v) is 11.1. The van der Waals surface area contributed by atoms with Crippen molar-refractivity contribution in [1.82, 2.24) is 0 Å². The van der Waals surface area contributed by atoms with Crippen LogP contribution in [-0.4, -0.2) is 27.3 Å². The van der Waals surface area contributed by atoms with Gasteiger partial charge in [-0.2, -0.15) is 0 Å². The lowest BCUT2D eigenvalue weighted by molar-refractivity contribution is -0.149. The Hall–Kier alpha value is -0.310. The molecule has 0 spiro atoms. The number of alkyl halides is 1. The molecule has 3 heteroatoms. The first-order valence-corrected chi connectivity index (χ1v) is 13.0. The summed E-state index contributed by atoms with van der Waals surface area (Å²) in [5, 5.41) is 22.1. The van der Waals surface area contributed by atoms with Gasteiger partial charge in [0.25, 0.3) is 0 Å². The third kappa shape index (κ3) is 3.27. The highest BCUT2D eigenvalue weighted by Gasteiger charge is 2.61. The predicted molar refractivity (Wildman–Crippen MR) is 123 cm³/mol. The number of rotatable bonds is 2. The molecule has 2 N–H and O–H groups in total. The number of halogens is 1. The van der Waals surface area contributed by atoms with Crippen LogP contribution in [0.15, 0.2) is 23.8 Å². The first-order chi connectivity index (χ1) is 14.1. The van der Waals surface area contributed by atoms with E-state index in [-0.39, 0.29) is 16.9 Å². The first-order valence-electron chi connectivity index (χ1n) is 12.6. The zero-order valence-corrected chi connectivity index (χ0v) is 19.9. The molecule has 0 saturated heterocycles. The molecule has 5 rings (SSSR count). The van der Waals surface area contributed by atoms with E-state index in [2.05, 4.69) is 39.0 Å². The summed E-state index contributed by atoms with van der Waals surface area (Å²) < 4.78 is 0. The van der Waals surface area contributed by atoms with E-state index in [4.69, 9.17) is 11.6 Å². The van der Waals surface area contributed by atoms with Crippen LogP contribution in [0.3, 0.4) is 0 Å². The summed E-state index contributed by atoms with van der Waals surface area (Å²) >= 11 is 6.37. The Balaban J connectivity index is 1.37. The molecule has 0 amide bonds. The highest BCUT2D eigenvalue weighted by molar-refractivity contribution is 6.22. The Morgan fingerprint density at radius 2 is 1.73 bits per heavy atom. The van der Waals surface area contributed by atoms with E-state index in [0.29, 0.717) is 17.3 Å². The highest BCUT2D eigenvalue weighted by atomic mass is 35.5. The normalized spacial score (nSPS) is 54.0. The van der Waals surface area contributed by atoms with Gasteiger partial charge in [0.15, 0.2) is 0 Å². The van der Waals surface area contributed by atoms with Crippen LogP contribution < -0.4 is 0 Å². The van der Waals surface area contributed by atoms with Crippen LogP contribution in [0.5, 0.6) is 0 Å². The summed E-state index contributed by atoms with van der Waals surface area (Å²) in [4.78, 5) is 0. The fourth-order valence-corrected chi connectivity index (χ4v) is 9.33. The standard InChI is InChI=1S/C27H41ClO2/c1-25(30)13-14-26(2)18(16-25)7-8-20-21-9-10-23(27(21,3)12-11-22(20)26)24(29)17-5-4-6-19(28)15-17/h4-5,15,18-24,29-30H,6-14,16H2,1-3H3/t18-,19?,20?,21?,22?,23?,24?,25+,26?,27-/m0/s1. The number of hydrogen-bond donors (Lipinski definition) is 2. The average Bonchev–Trinajstić information content (AvgIpc) is 3.05. The summed E-state index contributed by atoms with van der Waals surface area (Å²) in [7, 11) is 0. The molecule has 4 fully saturated rings. The molecule has 4 saturated carbocycles. The first kappa shape index (κ1) is 21.5. The molecule has 0 aromatic carbocycles. The van der Waals surface area contributed by atoms with Crippen LogP contribution in [0.1, 0.15) is 85.0 Å². The summed E-state index contributed by atoms with van der Waals surface area (Å²) in [6.07, 6.45) is 17.6. The van der Waals surface area contributed by atoms with Gasteiger partial charge >= 0.3 is 0 Å². The van der Waals surface area contributed by atoms with Crippen molar-refractivity contribution in [2.24, 2.45) is 40.4 Å². The topological polar surface area (TPSA) is 40.5 Å². The Kier molecular flexibility index (Phi) is 5.28. The third-order valence-electron chi connectivity index (χ3n) is 10.8. The van der Waals surface area contributed by atoms with Gasteiger partial charge in [0, 0.05) is 0 Å². The van der Waals surface area contributed by atoms with Crippen LogP contribution in [0, 0.1) is 40.4 Å². The minimum absolute atomic E-state index is 0.0270. The quantitative estimate of drug-likeness (QED) is 0.506. The molecule has 0 bridgehead atoms. The Labute approximate surface area is 188 Å². The molecule has 30 heavy (non-hydrogen) atoms. The van der Waals surface area contributed by atoms with E-state index in [1.165, 1.54) is 38.5 Å². The minimum Gasteiger partial charge on any atom is -0.390 e. The minimum atomic E-state index is -0.454. The van der Waals surface area contributed by atoms with Gasteiger partial charge in [0.2, 0.25) is 0 Å². The van der Waals surface area contributed by atoms with Gasteiger partial charge in [0.1, 0.15) is 0 Å². The monoisotopic (exact) mass is 432 g/mol. The van der Waals surface area contributed by atoms with E-state index in [0.717, 1.165) is 49.0 Å². The maximum atomic E-state index is 11.4. The highest BCUT2D eigenvalue weighted by Crippen LogP contribution is 2.68. The Morgan fingerprint density at radius 3 is 2.50 bits per heavy atom. The lowest BCUT2D eigenvalue weighted by Gasteiger charge is -2.62. The van der Waals surface area contributed by atoms with E-state index < -0.39 is 5.60 Å². The van der Waals surface area contributed by atoms with Crippen molar-refractivity contribution >= 4 is 11.6 Å². The van der Waals surface area contributed by atoms with E-state index in [9.17, 15) is 10.2 Å². The van der Waals surface area contributed by atoms with E-state index >= 15 is 0 Å². The van der Waals surface area contributed by atoms with Crippen LogP contribution in [-0.2, 0) is 0 Å². The second-order valence-electron chi connectivity index (χ2n) is 12.4. The predicted octanol–water partition coefficient (Wildman–Crippen LogP) is 6.25. The van der Waals surface area contributed by atoms with Crippen LogP contribution >= 0.6 is 11.6 Å². The molecule has 0 aliphatic heterocycles. The molecular weight excluding hydrogens is 392 g/mol. The Bertz CT molecular complexity index is 741. The maximum absolute atomic E-state index is 11.4. The molecule has 5 aliphatic carbocycles. The van der Waals surface area contributed by atoms with Crippen molar-refractivity contribution in [3.63, 3.8) is 0 Å². The van der Waals surface area contributed by atoms with Gasteiger partial charge in [-0.15, -0.1) is 11.6 Å². The molecule has 7 unspecified atom stereocenters. The van der Waals surface area contributed by atoms with Gasteiger partial charge in [0.05, 0.1) is 17.1 Å². The molecule has 168 valence electrons. The number of aliphatic hydroxyl groups excluding tert-OH is 1. The second-order valence-corrected chi connectivity index (χ2v) is 12.9. The van der Waals surface area contributed by atoms with Gasteiger partial charge in [-0.3, -0.25) is 0 Å². The van der Waals surface area contributed by atoms with Crippen molar-refractivity contribution in [1.29, 1.82) is 0 Å².